The molecule has 0 bridgehead atoms. The lowest BCUT2D eigenvalue weighted by molar-refractivity contribution is -0.172. The van der Waals surface area contributed by atoms with Gasteiger partial charge in [-0.3, -0.25) is 14.6 Å². The number of nitrogens with two attached hydrogens (primary N) is 1. The van der Waals surface area contributed by atoms with Gasteiger partial charge in [0, 0.05) is 24.0 Å². The lowest BCUT2D eigenvalue weighted by Crippen LogP contribution is -2.19. The number of carbonyl (C=O) groups is 1. The minimum Gasteiger partial charge on any atom is -0.496 e. The number of benzene rings is 1. The fourth-order valence-corrected chi connectivity index (χ4v) is 4.15. The maximum Gasteiger partial charge on any atom is 0.391 e. The van der Waals surface area contributed by atoms with Crippen LogP contribution in [0.3, 0.4) is 0 Å². The molecule has 3 aromatic rings. The molecule has 1 aromatic carbocycles. The number of carbonyl (C=O) groups excluding carboxylic acids is 1. The minimum atomic E-state index is -4.14. The second-order valence-electron chi connectivity index (χ2n) is 7.83. The first-order chi connectivity index (χ1) is 15.5. The fraction of sp³-hybridized carbons (Fsp3) is 0.348. The lowest BCUT2D eigenvalue weighted by Gasteiger charge is -2.18. The van der Waals surface area contributed by atoms with Crippen molar-refractivity contribution in [1.29, 1.82) is 0 Å². The van der Waals surface area contributed by atoms with E-state index in [9.17, 15) is 27.2 Å². The number of methoxy groups -OCH3 is 1. The molecule has 0 spiro atoms. The van der Waals surface area contributed by atoms with Crippen LogP contribution in [-0.4, -0.2) is 29.2 Å². The van der Waals surface area contributed by atoms with E-state index < -0.39 is 23.8 Å². The number of ether oxygens (including phenoxy) is 1. The Morgan fingerprint density at radius 3 is 2.55 bits per heavy atom. The predicted molar refractivity (Wildman–Crippen MR) is 115 cm³/mol. The first kappa shape index (κ1) is 24.2. The van der Waals surface area contributed by atoms with Crippen molar-refractivity contribution in [2.75, 3.05) is 7.11 Å². The molecule has 33 heavy (non-hydrogen) atoms. The van der Waals surface area contributed by atoms with E-state index in [-0.39, 0.29) is 35.3 Å². The highest BCUT2D eigenvalue weighted by molar-refractivity contribution is 6.03. The first-order valence-electron chi connectivity index (χ1n) is 10.2. The van der Waals surface area contributed by atoms with Crippen LogP contribution in [0.5, 0.6) is 5.75 Å². The highest BCUT2D eigenvalue weighted by Gasteiger charge is 2.44. The number of fused-ring (bicyclic) bond motifs is 1. The van der Waals surface area contributed by atoms with Gasteiger partial charge in [-0.1, -0.05) is 6.07 Å². The Balaban J connectivity index is 0.000000194. The standard InChI is InChI=1S/C14H16F4O.C9H7N3O2/c1-8-12(15)6-5-11(13(8)19-2)9-3-4-10(7-9)14(16,17)18;10-9(14)8-7-5(1-3-12-8)11-4-2-6(7)13/h5-6,9-10H,3-4,7H2,1-2H3;1-4H,(H2,10,14)(H,11,13). The molecule has 2 heterocycles. The number of H-pyrrole nitrogens is 1. The SMILES string of the molecule is COc1c(C2CCC(C(F)(F)F)C2)ccc(F)c1C.NC(=O)c1nccc2[nH]ccc(=O)c12. The molecule has 10 heteroatoms. The second kappa shape index (κ2) is 9.60. The van der Waals surface area contributed by atoms with Crippen LogP contribution in [-0.2, 0) is 0 Å². The number of aromatic amines is 1. The lowest BCUT2D eigenvalue weighted by atomic mass is 9.93. The Bertz CT molecular complexity index is 1220. The third-order valence-electron chi connectivity index (χ3n) is 5.81. The Morgan fingerprint density at radius 1 is 1.21 bits per heavy atom. The number of nitrogens with zero attached hydrogens (tertiary/aromatic N) is 1. The quantitative estimate of drug-likeness (QED) is 0.552. The van der Waals surface area contributed by atoms with Gasteiger partial charge in [-0.25, -0.2) is 4.39 Å². The molecule has 6 nitrogen and oxygen atoms in total. The van der Waals surface area contributed by atoms with Crippen LogP contribution in [0.15, 0.2) is 41.5 Å². The average molecular weight is 465 g/mol. The van der Waals surface area contributed by atoms with Crippen LogP contribution in [0.25, 0.3) is 10.9 Å². The van der Waals surface area contributed by atoms with Crippen molar-refractivity contribution < 1.29 is 27.1 Å². The number of rotatable bonds is 3. The summed E-state index contributed by atoms with van der Waals surface area (Å²) in [6.45, 7) is 1.58. The number of hydrogen-bond donors (Lipinski definition) is 2. The van der Waals surface area contributed by atoms with Crippen molar-refractivity contribution in [1.82, 2.24) is 9.97 Å². The van der Waals surface area contributed by atoms with Gasteiger partial charge >= 0.3 is 6.18 Å². The highest BCUT2D eigenvalue weighted by Crippen LogP contribution is 2.48. The zero-order valence-corrected chi connectivity index (χ0v) is 18.0. The third kappa shape index (κ3) is 5.15. The second-order valence-corrected chi connectivity index (χ2v) is 7.83. The van der Waals surface area contributed by atoms with Gasteiger partial charge in [0.2, 0.25) is 0 Å². The van der Waals surface area contributed by atoms with Gasteiger partial charge in [-0.2, -0.15) is 13.2 Å². The molecular weight excluding hydrogens is 442 g/mol. The van der Waals surface area contributed by atoms with Crippen LogP contribution in [0, 0.1) is 18.7 Å². The van der Waals surface area contributed by atoms with Gasteiger partial charge in [0.1, 0.15) is 17.3 Å². The molecule has 1 aliphatic carbocycles. The van der Waals surface area contributed by atoms with Crippen molar-refractivity contribution in [3.05, 3.63) is 69.5 Å². The maximum atomic E-state index is 13.4. The van der Waals surface area contributed by atoms with Crippen molar-refractivity contribution in [3.8, 4) is 5.75 Å². The molecule has 0 aliphatic heterocycles. The number of nitrogens with one attached hydrogen (secondary N) is 1. The van der Waals surface area contributed by atoms with E-state index >= 15 is 0 Å². The summed E-state index contributed by atoms with van der Waals surface area (Å²) in [6.07, 6.45) is -0.546. The van der Waals surface area contributed by atoms with Gasteiger partial charge < -0.3 is 15.5 Å². The summed E-state index contributed by atoms with van der Waals surface area (Å²) in [4.78, 5) is 29.0. The van der Waals surface area contributed by atoms with E-state index in [4.69, 9.17) is 10.5 Å². The molecule has 3 N–H and O–H groups in total. The number of halogens is 4. The normalized spacial score (nSPS) is 18.0. The number of hydrogen-bond acceptors (Lipinski definition) is 4. The molecule has 0 saturated heterocycles. The number of amides is 1. The van der Waals surface area contributed by atoms with Crippen LogP contribution in [0.1, 0.15) is 46.8 Å². The zero-order valence-electron chi connectivity index (χ0n) is 18.0. The van der Waals surface area contributed by atoms with E-state index in [1.807, 2.05) is 0 Å². The van der Waals surface area contributed by atoms with E-state index in [1.54, 1.807) is 19.1 Å². The molecule has 2 atom stereocenters. The highest BCUT2D eigenvalue weighted by atomic mass is 19.4. The largest absolute Gasteiger partial charge is 0.496 e. The van der Waals surface area contributed by atoms with Gasteiger partial charge in [0.25, 0.3) is 5.91 Å². The topological polar surface area (TPSA) is 98.1 Å². The van der Waals surface area contributed by atoms with Crippen LogP contribution >= 0.6 is 0 Å². The van der Waals surface area contributed by atoms with Crippen LogP contribution in [0.2, 0.25) is 0 Å². The molecule has 0 radical (unpaired) electrons. The van der Waals surface area contributed by atoms with E-state index in [1.165, 1.54) is 31.6 Å². The Labute approximate surface area is 186 Å². The van der Waals surface area contributed by atoms with Crippen LogP contribution < -0.4 is 15.9 Å². The summed E-state index contributed by atoms with van der Waals surface area (Å²) in [6, 6.07) is 5.79. The molecule has 2 unspecified atom stereocenters. The van der Waals surface area contributed by atoms with Gasteiger partial charge in [0.05, 0.1) is 23.9 Å². The van der Waals surface area contributed by atoms with Gasteiger partial charge in [-0.05, 0) is 49.8 Å². The van der Waals surface area contributed by atoms with E-state index in [0.29, 0.717) is 28.8 Å². The van der Waals surface area contributed by atoms with Gasteiger partial charge in [0.15, 0.2) is 5.43 Å². The summed E-state index contributed by atoms with van der Waals surface area (Å²) in [5.74, 6) is -2.18. The van der Waals surface area contributed by atoms with Crippen molar-refractivity contribution in [2.45, 2.75) is 38.3 Å². The number of primary amides is 1. The molecule has 4 rings (SSSR count). The third-order valence-corrected chi connectivity index (χ3v) is 5.81. The number of alkyl halides is 3. The molecular formula is C23H23F4N3O3. The Kier molecular flexibility index (Phi) is 7.04. The first-order valence-corrected chi connectivity index (χ1v) is 10.2. The van der Waals surface area contributed by atoms with Crippen molar-refractivity contribution in [3.63, 3.8) is 0 Å². The summed E-state index contributed by atoms with van der Waals surface area (Å²) in [7, 11) is 1.42. The molecule has 2 aromatic heterocycles. The molecule has 1 fully saturated rings. The number of aromatic nitrogens is 2. The Hall–Kier alpha value is -3.43. The fourth-order valence-electron chi connectivity index (χ4n) is 4.15. The summed E-state index contributed by atoms with van der Waals surface area (Å²) in [5, 5.41) is 0.238. The number of pyridine rings is 2. The van der Waals surface area contributed by atoms with E-state index in [0.717, 1.165) is 0 Å². The maximum absolute atomic E-state index is 13.4. The molecule has 1 aliphatic rings. The monoisotopic (exact) mass is 465 g/mol. The van der Waals surface area contributed by atoms with Crippen molar-refractivity contribution in [2.24, 2.45) is 11.7 Å². The average Bonchev–Trinajstić information content (AvgIpc) is 3.26. The van der Waals surface area contributed by atoms with E-state index in [2.05, 4.69) is 9.97 Å². The zero-order chi connectivity index (χ0) is 24.3. The summed E-state index contributed by atoms with van der Waals surface area (Å²) >= 11 is 0. The van der Waals surface area contributed by atoms with Crippen molar-refractivity contribution >= 4 is 16.8 Å². The minimum absolute atomic E-state index is 0.00403. The molecule has 176 valence electrons. The smallest absolute Gasteiger partial charge is 0.391 e. The van der Waals surface area contributed by atoms with Gasteiger partial charge in [-0.15, -0.1) is 0 Å². The Morgan fingerprint density at radius 2 is 1.94 bits per heavy atom. The summed E-state index contributed by atoms with van der Waals surface area (Å²) in [5.41, 5.74) is 6.44. The molecule has 1 amide bonds. The van der Waals surface area contributed by atoms with Crippen LogP contribution in [0.4, 0.5) is 17.6 Å². The summed E-state index contributed by atoms with van der Waals surface area (Å²) < 4.78 is 56.7. The predicted octanol–water partition coefficient (Wildman–Crippen LogP) is 4.61. The molecule has 1 saturated carbocycles.